The Morgan fingerprint density at radius 1 is 1.32 bits per heavy atom. The van der Waals surface area contributed by atoms with Gasteiger partial charge in [0.15, 0.2) is 5.01 Å². The van der Waals surface area contributed by atoms with Crippen LogP contribution in [0.3, 0.4) is 0 Å². The molecule has 4 nitrogen and oxygen atoms in total. The molecule has 1 aromatic heterocycles. The monoisotopic (exact) mass is 312 g/mol. The SMILES string of the molecule is O=C(c1cnc(C#Cc2ccccc2)s1)N1CCC[C@@H](O)C1. The average molecular weight is 312 g/mol. The summed E-state index contributed by atoms with van der Waals surface area (Å²) < 4.78 is 0. The number of amides is 1. The third-order valence-corrected chi connectivity index (χ3v) is 4.39. The highest BCUT2D eigenvalue weighted by Crippen LogP contribution is 2.18. The maximum absolute atomic E-state index is 12.4. The van der Waals surface area contributed by atoms with Gasteiger partial charge in [-0.05, 0) is 30.9 Å². The zero-order chi connectivity index (χ0) is 15.4. The number of benzene rings is 1. The zero-order valence-electron chi connectivity index (χ0n) is 12.0. The van der Waals surface area contributed by atoms with E-state index in [0.29, 0.717) is 23.0 Å². The van der Waals surface area contributed by atoms with Crippen molar-refractivity contribution >= 4 is 17.2 Å². The van der Waals surface area contributed by atoms with Crippen LogP contribution in [-0.2, 0) is 0 Å². The molecule has 0 bridgehead atoms. The molecule has 1 aliphatic heterocycles. The lowest BCUT2D eigenvalue weighted by Crippen LogP contribution is -2.41. The van der Waals surface area contributed by atoms with E-state index in [1.165, 1.54) is 11.3 Å². The van der Waals surface area contributed by atoms with Crippen LogP contribution in [0.2, 0.25) is 0 Å². The van der Waals surface area contributed by atoms with Gasteiger partial charge in [0.2, 0.25) is 0 Å². The maximum Gasteiger partial charge on any atom is 0.265 e. The molecule has 1 atom stereocenters. The molecule has 1 aromatic carbocycles. The van der Waals surface area contributed by atoms with Crippen molar-refractivity contribution in [3.8, 4) is 11.8 Å². The second kappa shape index (κ2) is 6.73. The Morgan fingerprint density at radius 3 is 2.91 bits per heavy atom. The van der Waals surface area contributed by atoms with Gasteiger partial charge in [-0.25, -0.2) is 4.98 Å². The molecule has 0 radical (unpaired) electrons. The molecule has 2 heterocycles. The first-order valence-corrected chi connectivity index (χ1v) is 8.04. The maximum atomic E-state index is 12.4. The van der Waals surface area contributed by atoms with Crippen molar-refractivity contribution < 1.29 is 9.90 Å². The summed E-state index contributed by atoms with van der Waals surface area (Å²) in [4.78, 5) is 18.8. The van der Waals surface area contributed by atoms with Crippen LogP contribution in [0.15, 0.2) is 36.5 Å². The Morgan fingerprint density at radius 2 is 2.14 bits per heavy atom. The third kappa shape index (κ3) is 3.53. The molecular formula is C17H16N2O2S. The topological polar surface area (TPSA) is 53.4 Å². The first-order chi connectivity index (χ1) is 10.7. The number of rotatable bonds is 1. The van der Waals surface area contributed by atoms with Crippen molar-refractivity contribution in [3.05, 3.63) is 52.0 Å². The molecule has 0 aliphatic carbocycles. The molecule has 112 valence electrons. The number of aliphatic hydroxyl groups is 1. The van der Waals surface area contributed by atoms with E-state index in [2.05, 4.69) is 16.8 Å². The number of likely N-dealkylation sites (tertiary alicyclic amines) is 1. The van der Waals surface area contributed by atoms with Gasteiger partial charge in [0.25, 0.3) is 5.91 Å². The van der Waals surface area contributed by atoms with Gasteiger partial charge in [-0.3, -0.25) is 4.79 Å². The molecule has 1 saturated heterocycles. The second-order valence-electron chi connectivity index (χ2n) is 5.19. The predicted molar refractivity (Wildman–Crippen MR) is 85.7 cm³/mol. The molecule has 0 saturated carbocycles. The highest BCUT2D eigenvalue weighted by atomic mass is 32.1. The summed E-state index contributed by atoms with van der Waals surface area (Å²) in [5.41, 5.74) is 0.921. The summed E-state index contributed by atoms with van der Waals surface area (Å²) in [6.07, 6.45) is 2.76. The minimum atomic E-state index is -0.414. The number of nitrogens with zero attached hydrogens (tertiary/aromatic N) is 2. The lowest BCUT2D eigenvalue weighted by Gasteiger charge is -2.29. The molecule has 0 spiro atoms. The number of hydrogen-bond acceptors (Lipinski definition) is 4. The summed E-state index contributed by atoms with van der Waals surface area (Å²) in [5.74, 6) is 5.95. The Bertz CT molecular complexity index is 715. The first kappa shape index (κ1) is 14.8. The van der Waals surface area contributed by atoms with E-state index in [1.807, 2.05) is 30.3 Å². The minimum absolute atomic E-state index is 0.0657. The molecule has 2 aromatic rings. The van der Waals surface area contributed by atoms with Gasteiger partial charge in [0.1, 0.15) is 4.88 Å². The largest absolute Gasteiger partial charge is 0.391 e. The van der Waals surface area contributed by atoms with Gasteiger partial charge < -0.3 is 10.0 Å². The number of hydrogen-bond donors (Lipinski definition) is 1. The van der Waals surface area contributed by atoms with Crippen LogP contribution in [0.25, 0.3) is 0 Å². The number of thiazole rings is 1. The number of carbonyl (C=O) groups is 1. The predicted octanol–water partition coefficient (Wildman–Crippen LogP) is 2.14. The molecule has 1 amide bonds. The standard InChI is InChI=1S/C17H16N2O2S/c20-14-7-4-10-19(12-14)17(21)15-11-18-16(22-15)9-8-13-5-2-1-3-6-13/h1-3,5-6,11,14,20H,4,7,10,12H2/t14-/m1/s1. The van der Waals surface area contributed by atoms with Crippen molar-refractivity contribution in [2.75, 3.05) is 13.1 Å². The molecule has 1 N–H and O–H groups in total. The van der Waals surface area contributed by atoms with E-state index in [-0.39, 0.29) is 5.91 Å². The van der Waals surface area contributed by atoms with Crippen LogP contribution < -0.4 is 0 Å². The lowest BCUT2D eigenvalue weighted by molar-refractivity contribution is 0.0477. The Kier molecular flexibility index (Phi) is 4.52. The fraction of sp³-hybridized carbons (Fsp3) is 0.294. The van der Waals surface area contributed by atoms with E-state index >= 15 is 0 Å². The van der Waals surface area contributed by atoms with Crippen LogP contribution in [0, 0.1) is 11.8 Å². The molecule has 5 heteroatoms. The highest BCUT2D eigenvalue weighted by molar-refractivity contribution is 7.14. The van der Waals surface area contributed by atoms with Crippen molar-refractivity contribution in [1.29, 1.82) is 0 Å². The van der Waals surface area contributed by atoms with E-state index in [4.69, 9.17) is 0 Å². The Hall–Kier alpha value is -2.16. The molecule has 1 aliphatic rings. The molecule has 0 unspecified atom stereocenters. The Labute approximate surface area is 133 Å². The van der Waals surface area contributed by atoms with Crippen molar-refractivity contribution in [2.45, 2.75) is 18.9 Å². The van der Waals surface area contributed by atoms with E-state index in [9.17, 15) is 9.90 Å². The summed E-state index contributed by atoms with van der Waals surface area (Å²) in [6, 6.07) is 9.67. The normalized spacial score (nSPS) is 17.7. The summed E-state index contributed by atoms with van der Waals surface area (Å²) in [6.45, 7) is 1.10. The van der Waals surface area contributed by atoms with Crippen LogP contribution >= 0.6 is 11.3 Å². The van der Waals surface area contributed by atoms with Crippen LogP contribution in [0.1, 0.15) is 33.1 Å². The molecule has 3 rings (SSSR count). The van der Waals surface area contributed by atoms with Crippen molar-refractivity contribution in [3.63, 3.8) is 0 Å². The number of piperidine rings is 1. The van der Waals surface area contributed by atoms with Gasteiger partial charge in [0.05, 0.1) is 12.3 Å². The average Bonchev–Trinajstić information content (AvgIpc) is 3.02. The highest BCUT2D eigenvalue weighted by Gasteiger charge is 2.24. The quantitative estimate of drug-likeness (QED) is 0.821. The fourth-order valence-corrected chi connectivity index (χ4v) is 3.11. The van der Waals surface area contributed by atoms with Gasteiger partial charge >= 0.3 is 0 Å². The summed E-state index contributed by atoms with van der Waals surface area (Å²) >= 11 is 1.30. The lowest BCUT2D eigenvalue weighted by atomic mass is 10.1. The van der Waals surface area contributed by atoms with E-state index in [1.54, 1.807) is 11.1 Å². The molecule has 1 fully saturated rings. The van der Waals surface area contributed by atoms with Gasteiger partial charge in [-0.2, -0.15) is 0 Å². The minimum Gasteiger partial charge on any atom is -0.391 e. The summed E-state index contributed by atoms with van der Waals surface area (Å²) in [7, 11) is 0. The van der Waals surface area contributed by atoms with Crippen LogP contribution in [0.5, 0.6) is 0 Å². The van der Waals surface area contributed by atoms with Gasteiger partial charge in [0, 0.05) is 18.7 Å². The zero-order valence-corrected chi connectivity index (χ0v) is 12.8. The first-order valence-electron chi connectivity index (χ1n) is 7.22. The number of β-amino-alcohol motifs (C(OH)–C–C–N with tert-alkyl or cyclic N) is 1. The number of carbonyl (C=O) groups excluding carboxylic acids is 1. The molecule has 22 heavy (non-hydrogen) atoms. The number of aromatic nitrogens is 1. The second-order valence-corrected chi connectivity index (χ2v) is 6.22. The third-order valence-electron chi connectivity index (χ3n) is 3.49. The van der Waals surface area contributed by atoms with E-state index < -0.39 is 6.10 Å². The fourth-order valence-electron chi connectivity index (χ4n) is 2.37. The Balaban J connectivity index is 1.71. The molecular weight excluding hydrogens is 296 g/mol. The number of aliphatic hydroxyl groups excluding tert-OH is 1. The summed E-state index contributed by atoms with van der Waals surface area (Å²) in [5, 5.41) is 10.3. The van der Waals surface area contributed by atoms with Crippen LogP contribution in [-0.4, -0.2) is 40.1 Å². The van der Waals surface area contributed by atoms with Crippen molar-refractivity contribution in [1.82, 2.24) is 9.88 Å². The van der Waals surface area contributed by atoms with Crippen LogP contribution in [0.4, 0.5) is 0 Å². The van der Waals surface area contributed by atoms with Crippen molar-refractivity contribution in [2.24, 2.45) is 0 Å². The van der Waals surface area contributed by atoms with E-state index in [0.717, 1.165) is 18.4 Å². The van der Waals surface area contributed by atoms with Gasteiger partial charge in [-0.15, -0.1) is 11.3 Å². The smallest absolute Gasteiger partial charge is 0.265 e. The van der Waals surface area contributed by atoms with Gasteiger partial charge in [-0.1, -0.05) is 24.1 Å².